The van der Waals surface area contributed by atoms with E-state index in [1.807, 2.05) is 24.5 Å². The summed E-state index contributed by atoms with van der Waals surface area (Å²) in [5.41, 5.74) is 7.19. The van der Waals surface area contributed by atoms with E-state index in [1.54, 1.807) is 23.5 Å². The number of rotatable bonds is 5. The van der Waals surface area contributed by atoms with E-state index in [0.717, 1.165) is 68.8 Å². The Kier molecular flexibility index (Phi) is 5.57. The minimum absolute atomic E-state index is 0.0923. The molecule has 0 aliphatic carbocycles. The molecule has 5 aromatic rings. The Bertz CT molecular complexity index is 1620. The number of likely N-dealkylation sites (tertiary alicyclic amines) is 1. The van der Waals surface area contributed by atoms with E-state index in [2.05, 4.69) is 41.1 Å². The van der Waals surface area contributed by atoms with Gasteiger partial charge in [0.2, 0.25) is 0 Å². The van der Waals surface area contributed by atoms with Crippen LogP contribution >= 0.6 is 0 Å². The Morgan fingerprint density at radius 3 is 2.58 bits per heavy atom. The van der Waals surface area contributed by atoms with Gasteiger partial charge in [-0.1, -0.05) is 0 Å². The van der Waals surface area contributed by atoms with Gasteiger partial charge >= 0.3 is 0 Å². The zero-order chi connectivity index (χ0) is 25.7. The highest BCUT2D eigenvalue weighted by atomic mass is 19.3. The van der Waals surface area contributed by atoms with Crippen LogP contribution < -0.4 is 4.90 Å². The Labute approximate surface area is 218 Å². The van der Waals surface area contributed by atoms with Crippen molar-refractivity contribution in [1.82, 2.24) is 35.0 Å². The van der Waals surface area contributed by atoms with Gasteiger partial charge in [0.1, 0.15) is 5.69 Å². The maximum absolute atomic E-state index is 13.6. The second kappa shape index (κ2) is 9.13. The summed E-state index contributed by atoms with van der Waals surface area (Å²) in [6.45, 7) is 2.72. The summed E-state index contributed by atoms with van der Waals surface area (Å²) in [7, 11) is 0. The molecule has 0 amide bonds. The Morgan fingerprint density at radius 1 is 0.868 bits per heavy atom. The molecule has 0 unspecified atom stereocenters. The summed E-state index contributed by atoms with van der Waals surface area (Å²) < 4.78 is 27.3. The van der Waals surface area contributed by atoms with Crippen molar-refractivity contribution in [2.45, 2.75) is 38.2 Å². The summed E-state index contributed by atoms with van der Waals surface area (Å²) in [5.74, 6) is -2.61. The van der Waals surface area contributed by atoms with Crippen LogP contribution in [-0.4, -0.2) is 67.1 Å². The van der Waals surface area contributed by atoms with Gasteiger partial charge in [-0.25, -0.2) is 8.78 Å². The normalized spacial score (nSPS) is 18.1. The number of nitrogens with one attached hydrogen (secondary N) is 2. The standard InChI is InChI=1S/C28H28F2N8/c29-28(30)4-7-37(17-28)16-18-8-19(12-31-11-18)22-10-21-25(14-33-22)35-36-27(21)23-9-20-24(34-23)13-32-15-26(20)38-5-2-1-3-6-38/h8-15,34H,1-7,16-17H2,(H,35,36). The van der Waals surface area contributed by atoms with Crippen molar-refractivity contribution in [3.8, 4) is 22.6 Å². The van der Waals surface area contributed by atoms with Crippen LogP contribution in [0.25, 0.3) is 44.5 Å². The van der Waals surface area contributed by atoms with Gasteiger partial charge in [-0.2, -0.15) is 5.10 Å². The number of aromatic nitrogens is 6. The smallest absolute Gasteiger partial charge is 0.261 e. The Hall–Kier alpha value is -3.92. The molecule has 0 saturated carbocycles. The lowest BCUT2D eigenvalue weighted by atomic mass is 10.1. The van der Waals surface area contributed by atoms with Gasteiger partial charge in [-0.15, -0.1) is 0 Å². The molecule has 0 radical (unpaired) electrons. The average Bonchev–Trinajstić information content (AvgIpc) is 3.64. The van der Waals surface area contributed by atoms with E-state index in [-0.39, 0.29) is 13.0 Å². The maximum Gasteiger partial charge on any atom is 0.261 e. The molecule has 0 spiro atoms. The molecule has 7 heterocycles. The monoisotopic (exact) mass is 514 g/mol. The molecule has 2 saturated heterocycles. The first-order valence-electron chi connectivity index (χ1n) is 13.1. The fourth-order valence-corrected chi connectivity index (χ4v) is 5.74. The molecule has 2 N–H and O–H groups in total. The number of aromatic amines is 2. The van der Waals surface area contributed by atoms with E-state index in [1.165, 1.54) is 19.3 Å². The zero-order valence-electron chi connectivity index (χ0n) is 20.9. The minimum Gasteiger partial charge on any atom is -0.370 e. The largest absolute Gasteiger partial charge is 0.370 e. The molecule has 0 bridgehead atoms. The van der Waals surface area contributed by atoms with Gasteiger partial charge in [-0.05, 0) is 43.0 Å². The molecular weight excluding hydrogens is 486 g/mol. The molecule has 194 valence electrons. The first-order valence-corrected chi connectivity index (χ1v) is 13.1. The van der Waals surface area contributed by atoms with Gasteiger partial charge in [0.15, 0.2) is 0 Å². The molecule has 2 aliphatic heterocycles. The highest BCUT2D eigenvalue weighted by Gasteiger charge is 2.37. The SMILES string of the molecule is FC1(F)CCN(Cc2cncc(-c3cc4c(-c5cc6c(N7CCCCC7)cncc6[nH]5)n[nH]c4cn3)c2)C1. The molecule has 2 aliphatic rings. The molecule has 7 rings (SSSR count). The second-order valence-corrected chi connectivity index (χ2v) is 10.4. The van der Waals surface area contributed by atoms with Crippen LogP contribution in [0, 0.1) is 0 Å². The van der Waals surface area contributed by atoms with E-state index in [0.29, 0.717) is 13.1 Å². The number of halogens is 2. The summed E-state index contributed by atoms with van der Waals surface area (Å²) in [6, 6.07) is 6.15. The summed E-state index contributed by atoms with van der Waals surface area (Å²) in [6.07, 6.45) is 12.7. The molecular formula is C28H28F2N8. The third kappa shape index (κ3) is 4.28. The molecule has 10 heteroatoms. The van der Waals surface area contributed by atoms with Crippen molar-refractivity contribution >= 4 is 27.5 Å². The lowest BCUT2D eigenvalue weighted by Crippen LogP contribution is -2.29. The summed E-state index contributed by atoms with van der Waals surface area (Å²) in [5, 5.41) is 9.81. The highest BCUT2D eigenvalue weighted by molar-refractivity contribution is 6.00. The van der Waals surface area contributed by atoms with E-state index in [9.17, 15) is 8.78 Å². The van der Waals surface area contributed by atoms with Crippen molar-refractivity contribution < 1.29 is 8.78 Å². The van der Waals surface area contributed by atoms with Crippen LogP contribution in [0.15, 0.2) is 49.2 Å². The number of anilines is 1. The van der Waals surface area contributed by atoms with Crippen molar-refractivity contribution in [2.75, 3.05) is 31.1 Å². The molecule has 0 atom stereocenters. The average molecular weight is 515 g/mol. The minimum atomic E-state index is -2.61. The Morgan fingerprint density at radius 2 is 1.74 bits per heavy atom. The number of hydrogen-bond donors (Lipinski definition) is 2. The number of pyridine rings is 3. The highest BCUT2D eigenvalue weighted by Crippen LogP contribution is 2.35. The van der Waals surface area contributed by atoms with Crippen LogP contribution in [0.2, 0.25) is 0 Å². The van der Waals surface area contributed by atoms with Gasteiger partial charge in [-0.3, -0.25) is 25.0 Å². The lowest BCUT2D eigenvalue weighted by molar-refractivity contribution is 0.0115. The van der Waals surface area contributed by atoms with Gasteiger partial charge in [0.25, 0.3) is 5.92 Å². The molecule has 8 nitrogen and oxygen atoms in total. The van der Waals surface area contributed by atoms with Gasteiger partial charge in [0.05, 0.1) is 53.2 Å². The Balaban J connectivity index is 1.22. The van der Waals surface area contributed by atoms with Crippen LogP contribution in [0.1, 0.15) is 31.2 Å². The van der Waals surface area contributed by atoms with Crippen molar-refractivity contribution in [1.29, 1.82) is 0 Å². The number of nitrogens with zero attached hydrogens (tertiary/aromatic N) is 6. The third-order valence-electron chi connectivity index (χ3n) is 7.67. The molecule has 38 heavy (non-hydrogen) atoms. The summed E-state index contributed by atoms with van der Waals surface area (Å²) >= 11 is 0. The number of alkyl halides is 2. The fraction of sp³-hybridized carbons (Fsp3) is 0.357. The van der Waals surface area contributed by atoms with E-state index in [4.69, 9.17) is 0 Å². The first-order chi connectivity index (χ1) is 18.5. The molecule has 2 fully saturated rings. The van der Waals surface area contributed by atoms with Crippen molar-refractivity contribution in [3.05, 3.63) is 54.7 Å². The van der Waals surface area contributed by atoms with Crippen LogP contribution in [0.5, 0.6) is 0 Å². The fourth-order valence-electron chi connectivity index (χ4n) is 5.74. The predicted molar refractivity (Wildman–Crippen MR) is 143 cm³/mol. The van der Waals surface area contributed by atoms with Crippen molar-refractivity contribution in [2.24, 2.45) is 0 Å². The predicted octanol–water partition coefficient (Wildman–Crippen LogP) is 5.39. The number of H-pyrrole nitrogens is 2. The number of fused-ring (bicyclic) bond motifs is 2. The zero-order valence-corrected chi connectivity index (χ0v) is 20.9. The molecule has 5 aromatic heterocycles. The first kappa shape index (κ1) is 23.2. The van der Waals surface area contributed by atoms with E-state index < -0.39 is 5.92 Å². The van der Waals surface area contributed by atoms with Crippen molar-refractivity contribution in [3.63, 3.8) is 0 Å². The second-order valence-electron chi connectivity index (χ2n) is 10.4. The maximum atomic E-state index is 13.6. The number of hydrogen-bond acceptors (Lipinski definition) is 6. The quantitative estimate of drug-likeness (QED) is 0.327. The van der Waals surface area contributed by atoms with Crippen LogP contribution in [0.4, 0.5) is 14.5 Å². The molecule has 0 aromatic carbocycles. The van der Waals surface area contributed by atoms with Crippen LogP contribution in [-0.2, 0) is 6.54 Å². The topological polar surface area (TPSA) is 89.6 Å². The van der Waals surface area contributed by atoms with E-state index >= 15 is 0 Å². The van der Waals surface area contributed by atoms with Gasteiger partial charge in [0, 0.05) is 61.3 Å². The van der Waals surface area contributed by atoms with Gasteiger partial charge < -0.3 is 9.88 Å². The third-order valence-corrected chi connectivity index (χ3v) is 7.67. The van der Waals surface area contributed by atoms with Crippen LogP contribution in [0.3, 0.4) is 0 Å². The summed E-state index contributed by atoms with van der Waals surface area (Å²) in [4.78, 5) is 21.2. The number of piperidine rings is 1. The lowest BCUT2D eigenvalue weighted by Gasteiger charge is -2.28.